The second-order valence-corrected chi connectivity index (χ2v) is 4.20. The molecule has 1 unspecified atom stereocenters. The molecule has 16 heavy (non-hydrogen) atoms. The topological polar surface area (TPSA) is 49.8 Å². The zero-order chi connectivity index (χ0) is 12.4. The van der Waals surface area contributed by atoms with Crippen molar-refractivity contribution in [3.05, 3.63) is 0 Å². The van der Waals surface area contributed by atoms with Gasteiger partial charge in [0.1, 0.15) is 0 Å². The maximum atomic E-state index is 10.5. The van der Waals surface area contributed by atoms with Crippen molar-refractivity contribution in [1.29, 1.82) is 0 Å². The molecule has 1 heterocycles. The van der Waals surface area contributed by atoms with Gasteiger partial charge in [-0.1, -0.05) is 13.3 Å². The molecule has 0 aromatic carbocycles. The Hall–Kier alpha value is -0.610. The second-order valence-electron chi connectivity index (χ2n) is 4.20. The summed E-state index contributed by atoms with van der Waals surface area (Å²) in [6.07, 6.45) is 3.74. The zero-order valence-corrected chi connectivity index (χ0v) is 10.7. The number of amides is 1. The molecule has 0 aromatic rings. The smallest absolute Gasteiger partial charge is 0.222 e. The van der Waals surface area contributed by atoms with Gasteiger partial charge in [-0.3, -0.25) is 4.79 Å². The fraction of sp³-hybridized carbons (Fsp3) is 0.917. The van der Waals surface area contributed by atoms with Gasteiger partial charge in [-0.25, -0.2) is 0 Å². The molecule has 1 aliphatic rings. The van der Waals surface area contributed by atoms with Crippen LogP contribution >= 0.6 is 0 Å². The highest BCUT2D eigenvalue weighted by atomic mass is 16.5. The SMILES string of the molecule is CCCCOCC(C)O.CN1CCCC1=O. The van der Waals surface area contributed by atoms with Crippen molar-refractivity contribution >= 4 is 5.91 Å². The first-order chi connectivity index (χ1) is 7.57. The average Bonchev–Trinajstić information content (AvgIpc) is 2.59. The van der Waals surface area contributed by atoms with E-state index < -0.39 is 0 Å². The van der Waals surface area contributed by atoms with Gasteiger partial charge in [0.2, 0.25) is 5.91 Å². The summed E-state index contributed by atoms with van der Waals surface area (Å²) in [4.78, 5) is 12.3. The maximum absolute atomic E-state index is 10.5. The van der Waals surface area contributed by atoms with Crippen LogP contribution in [-0.4, -0.2) is 48.8 Å². The third-order valence-electron chi connectivity index (χ3n) is 2.31. The summed E-state index contributed by atoms with van der Waals surface area (Å²) >= 11 is 0. The van der Waals surface area contributed by atoms with Crippen LogP contribution in [0.2, 0.25) is 0 Å². The molecule has 4 heteroatoms. The molecule has 1 aliphatic heterocycles. The summed E-state index contributed by atoms with van der Waals surface area (Å²) in [5.74, 6) is 0.292. The van der Waals surface area contributed by atoms with E-state index in [2.05, 4.69) is 6.92 Å². The van der Waals surface area contributed by atoms with E-state index in [4.69, 9.17) is 9.84 Å². The van der Waals surface area contributed by atoms with Gasteiger partial charge in [-0.2, -0.15) is 0 Å². The average molecular weight is 231 g/mol. The summed E-state index contributed by atoms with van der Waals surface area (Å²) in [5, 5.41) is 8.73. The highest BCUT2D eigenvalue weighted by Gasteiger charge is 2.14. The van der Waals surface area contributed by atoms with E-state index in [1.165, 1.54) is 0 Å². The molecule has 0 spiro atoms. The van der Waals surface area contributed by atoms with Gasteiger partial charge in [0, 0.05) is 26.6 Å². The van der Waals surface area contributed by atoms with Gasteiger partial charge in [0.05, 0.1) is 12.7 Å². The highest BCUT2D eigenvalue weighted by Crippen LogP contribution is 2.04. The fourth-order valence-electron chi connectivity index (χ4n) is 1.28. The normalized spacial score (nSPS) is 17.0. The van der Waals surface area contributed by atoms with Crippen LogP contribution < -0.4 is 0 Å². The largest absolute Gasteiger partial charge is 0.391 e. The van der Waals surface area contributed by atoms with Crippen LogP contribution in [0.1, 0.15) is 39.5 Å². The lowest BCUT2D eigenvalue weighted by molar-refractivity contribution is -0.126. The Morgan fingerprint density at radius 2 is 2.25 bits per heavy atom. The first kappa shape index (κ1) is 15.4. The van der Waals surface area contributed by atoms with E-state index in [1.54, 1.807) is 11.8 Å². The Labute approximate surface area is 98.6 Å². The number of unbranched alkanes of at least 4 members (excludes halogenated alkanes) is 1. The van der Waals surface area contributed by atoms with Gasteiger partial charge in [0.25, 0.3) is 0 Å². The van der Waals surface area contributed by atoms with E-state index in [-0.39, 0.29) is 6.10 Å². The number of ether oxygens (including phenoxy) is 1. The quantitative estimate of drug-likeness (QED) is 0.728. The minimum absolute atomic E-state index is 0.292. The van der Waals surface area contributed by atoms with Crippen LogP contribution in [0.5, 0.6) is 0 Å². The van der Waals surface area contributed by atoms with Crippen molar-refractivity contribution < 1.29 is 14.6 Å². The van der Waals surface area contributed by atoms with E-state index >= 15 is 0 Å². The number of hydrogen-bond donors (Lipinski definition) is 1. The molecule has 0 saturated carbocycles. The Morgan fingerprint density at radius 1 is 1.56 bits per heavy atom. The van der Waals surface area contributed by atoms with Gasteiger partial charge < -0.3 is 14.7 Å². The highest BCUT2D eigenvalue weighted by molar-refractivity contribution is 5.77. The Kier molecular flexibility index (Phi) is 9.24. The van der Waals surface area contributed by atoms with Crippen LogP contribution in [0, 0.1) is 0 Å². The summed E-state index contributed by atoms with van der Waals surface area (Å²) in [5.41, 5.74) is 0. The van der Waals surface area contributed by atoms with Crippen molar-refractivity contribution in [2.75, 3.05) is 26.8 Å². The lowest BCUT2D eigenvalue weighted by atomic mass is 10.4. The lowest BCUT2D eigenvalue weighted by Crippen LogP contribution is -2.17. The minimum atomic E-state index is -0.318. The summed E-state index contributed by atoms with van der Waals surface area (Å²) in [6.45, 7) is 6.05. The number of carbonyl (C=O) groups is 1. The Bertz CT molecular complexity index is 183. The van der Waals surface area contributed by atoms with Gasteiger partial charge in [-0.05, 0) is 19.8 Å². The summed E-state index contributed by atoms with van der Waals surface area (Å²) < 4.78 is 5.09. The number of aliphatic hydroxyl groups excluding tert-OH is 1. The van der Waals surface area contributed by atoms with Gasteiger partial charge in [0.15, 0.2) is 0 Å². The maximum Gasteiger partial charge on any atom is 0.222 e. The Balaban J connectivity index is 0.000000288. The molecule has 1 saturated heterocycles. The predicted octanol–water partition coefficient (Wildman–Crippen LogP) is 1.42. The van der Waals surface area contributed by atoms with E-state index in [1.807, 2.05) is 7.05 Å². The Morgan fingerprint density at radius 3 is 2.56 bits per heavy atom. The van der Waals surface area contributed by atoms with Crippen LogP contribution in [0.3, 0.4) is 0 Å². The molecule has 0 aromatic heterocycles. The lowest BCUT2D eigenvalue weighted by Gasteiger charge is -2.03. The third kappa shape index (κ3) is 8.68. The number of hydrogen-bond acceptors (Lipinski definition) is 3. The van der Waals surface area contributed by atoms with Crippen LogP contribution in [0.15, 0.2) is 0 Å². The molecular formula is C12H25NO3. The first-order valence-electron chi connectivity index (χ1n) is 6.07. The molecule has 1 amide bonds. The van der Waals surface area contributed by atoms with Crippen LogP contribution in [0.25, 0.3) is 0 Å². The van der Waals surface area contributed by atoms with Crippen LogP contribution in [-0.2, 0) is 9.53 Å². The predicted molar refractivity (Wildman–Crippen MR) is 64.3 cm³/mol. The van der Waals surface area contributed by atoms with Crippen LogP contribution in [0.4, 0.5) is 0 Å². The van der Waals surface area contributed by atoms with Crippen molar-refractivity contribution in [1.82, 2.24) is 4.90 Å². The van der Waals surface area contributed by atoms with Crippen molar-refractivity contribution in [2.24, 2.45) is 0 Å². The number of aliphatic hydroxyl groups is 1. The monoisotopic (exact) mass is 231 g/mol. The fourth-order valence-corrected chi connectivity index (χ4v) is 1.28. The number of likely N-dealkylation sites (tertiary alicyclic amines) is 1. The van der Waals surface area contributed by atoms with Crippen molar-refractivity contribution in [2.45, 2.75) is 45.6 Å². The molecule has 1 N–H and O–H groups in total. The molecule has 1 rings (SSSR count). The van der Waals surface area contributed by atoms with E-state index in [0.717, 1.165) is 38.8 Å². The molecule has 96 valence electrons. The number of carbonyl (C=O) groups excluding carboxylic acids is 1. The molecule has 1 fully saturated rings. The van der Waals surface area contributed by atoms with Crippen molar-refractivity contribution in [3.63, 3.8) is 0 Å². The van der Waals surface area contributed by atoms with E-state index in [9.17, 15) is 4.79 Å². The van der Waals surface area contributed by atoms with Gasteiger partial charge >= 0.3 is 0 Å². The molecule has 4 nitrogen and oxygen atoms in total. The number of rotatable bonds is 5. The van der Waals surface area contributed by atoms with Crippen molar-refractivity contribution in [3.8, 4) is 0 Å². The second kappa shape index (κ2) is 9.60. The van der Waals surface area contributed by atoms with Gasteiger partial charge in [-0.15, -0.1) is 0 Å². The molecule has 1 atom stereocenters. The summed E-state index contributed by atoms with van der Waals surface area (Å²) in [7, 11) is 1.84. The third-order valence-corrected chi connectivity index (χ3v) is 2.31. The van der Waals surface area contributed by atoms with E-state index in [0.29, 0.717) is 12.5 Å². The molecular weight excluding hydrogens is 206 g/mol. The standard InChI is InChI=1S/C7H16O2.C5H9NO/c1-3-4-5-9-6-7(2)8;1-6-4-2-3-5(6)7/h7-8H,3-6H2,1-2H3;2-4H2,1H3. The number of nitrogens with zero attached hydrogens (tertiary/aromatic N) is 1. The molecule has 0 radical (unpaired) electrons. The molecule has 0 bridgehead atoms. The molecule has 0 aliphatic carbocycles. The summed E-state index contributed by atoms with van der Waals surface area (Å²) in [6, 6.07) is 0. The first-order valence-corrected chi connectivity index (χ1v) is 6.07. The zero-order valence-electron chi connectivity index (χ0n) is 10.7. The minimum Gasteiger partial charge on any atom is -0.391 e.